The molecule has 1 amide bonds. The molecule has 2 aromatic carbocycles. The number of carbonyl (C=O) groups excluding carboxylic acids is 1. The van der Waals surface area contributed by atoms with Gasteiger partial charge >= 0.3 is 0 Å². The van der Waals surface area contributed by atoms with Crippen LogP contribution < -0.4 is 5.43 Å². The van der Waals surface area contributed by atoms with E-state index in [4.69, 9.17) is 4.98 Å². The zero-order valence-corrected chi connectivity index (χ0v) is 17.7. The van der Waals surface area contributed by atoms with Crippen LogP contribution in [0.1, 0.15) is 29.7 Å². The third-order valence-electron chi connectivity index (χ3n) is 5.32. The lowest BCUT2D eigenvalue weighted by atomic mass is 9.97. The van der Waals surface area contributed by atoms with Gasteiger partial charge in [-0.05, 0) is 42.5 Å². The summed E-state index contributed by atoms with van der Waals surface area (Å²) in [4.78, 5) is 17.2. The first-order valence-electron chi connectivity index (χ1n) is 10.3. The number of rotatable bonds is 6. The van der Waals surface area contributed by atoms with Gasteiger partial charge in [-0.2, -0.15) is 10.2 Å². The summed E-state index contributed by atoms with van der Waals surface area (Å²) in [6, 6.07) is 18.3. The summed E-state index contributed by atoms with van der Waals surface area (Å²) < 4.78 is 2.16. The molecule has 156 valence electrons. The van der Waals surface area contributed by atoms with E-state index in [0.29, 0.717) is 6.54 Å². The second-order valence-corrected chi connectivity index (χ2v) is 8.40. The number of nitrogens with zero attached hydrogens (tertiary/aromatic N) is 4. The lowest BCUT2D eigenvalue weighted by molar-refractivity contribution is -0.118. The van der Waals surface area contributed by atoms with Gasteiger partial charge < -0.3 is 4.57 Å². The molecule has 0 radical (unpaired) electrons. The molecule has 0 unspecified atom stereocenters. The van der Waals surface area contributed by atoms with Crippen molar-refractivity contribution < 1.29 is 4.79 Å². The average molecular weight is 431 g/mol. The van der Waals surface area contributed by atoms with E-state index in [1.165, 1.54) is 17.3 Å². The highest BCUT2D eigenvalue weighted by Crippen LogP contribution is 2.25. The molecular formula is C23H22N6OS. The summed E-state index contributed by atoms with van der Waals surface area (Å²) >= 11 is 1.42. The van der Waals surface area contributed by atoms with Gasteiger partial charge in [-0.25, -0.2) is 10.4 Å². The number of thioether (sulfide) groups is 1. The predicted octanol–water partition coefficient (Wildman–Crippen LogP) is 3.76. The minimum Gasteiger partial charge on any atom is -0.314 e. The van der Waals surface area contributed by atoms with Crippen molar-refractivity contribution in [2.75, 3.05) is 5.75 Å². The topological polar surface area (TPSA) is 88.0 Å². The number of amides is 1. The van der Waals surface area contributed by atoms with Crippen molar-refractivity contribution in [2.45, 2.75) is 31.0 Å². The van der Waals surface area contributed by atoms with Crippen LogP contribution >= 0.6 is 11.8 Å². The number of para-hydroxylation sites is 2. The van der Waals surface area contributed by atoms with Crippen LogP contribution in [-0.4, -0.2) is 37.1 Å². The molecular weight excluding hydrogens is 408 g/mol. The number of fused-ring (bicyclic) bond motifs is 2. The Labute approximate surface area is 184 Å². The maximum atomic E-state index is 12.5. The number of aromatic nitrogens is 4. The quantitative estimate of drug-likeness (QED) is 0.360. The number of aryl methyl sites for hydroxylation is 1. The number of H-pyrrole nitrogens is 1. The van der Waals surface area contributed by atoms with E-state index in [9.17, 15) is 4.79 Å². The Kier molecular flexibility index (Phi) is 5.54. The summed E-state index contributed by atoms with van der Waals surface area (Å²) in [5.74, 6) is 0.0903. The second kappa shape index (κ2) is 8.77. The third kappa shape index (κ3) is 4.25. The van der Waals surface area contributed by atoms with Gasteiger partial charge in [0.25, 0.3) is 5.91 Å². The lowest BCUT2D eigenvalue weighted by Gasteiger charge is -2.12. The second-order valence-electron chi connectivity index (χ2n) is 7.46. The Hall–Kier alpha value is -3.39. The highest BCUT2D eigenvalue weighted by atomic mass is 32.2. The molecule has 31 heavy (non-hydrogen) atoms. The number of hydrogen-bond donors (Lipinski definition) is 2. The van der Waals surface area contributed by atoms with Crippen LogP contribution in [0.25, 0.3) is 11.0 Å². The fraction of sp³-hybridized carbons (Fsp3) is 0.217. The summed E-state index contributed by atoms with van der Waals surface area (Å²) in [5.41, 5.74) is 8.82. The maximum absolute atomic E-state index is 12.5. The largest absolute Gasteiger partial charge is 0.314 e. The van der Waals surface area contributed by atoms with Crippen molar-refractivity contribution in [3.8, 4) is 0 Å². The maximum Gasteiger partial charge on any atom is 0.250 e. The van der Waals surface area contributed by atoms with Crippen molar-refractivity contribution in [2.24, 2.45) is 5.10 Å². The molecule has 0 saturated heterocycles. The van der Waals surface area contributed by atoms with E-state index in [1.807, 2.05) is 42.6 Å². The van der Waals surface area contributed by atoms with E-state index in [-0.39, 0.29) is 11.7 Å². The van der Waals surface area contributed by atoms with E-state index >= 15 is 0 Å². The number of imidazole rings is 1. The van der Waals surface area contributed by atoms with Crippen LogP contribution in [0.2, 0.25) is 0 Å². The van der Waals surface area contributed by atoms with E-state index in [1.54, 1.807) is 0 Å². The third-order valence-corrected chi connectivity index (χ3v) is 6.29. The van der Waals surface area contributed by atoms with Crippen LogP contribution in [0.15, 0.2) is 71.1 Å². The first-order valence-corrected chi connectivity index (χ1v) is 11.3. The lowest BCUT2D eigenvalue weighted by Crippen LogP contribution is -2.23. The molecule has 0 bridgehead atoms. The molecule has 2 N–H and O–H groups in total. The molecule has 0 spiro atoms. The van der Waals surface area contributed by atoms with Crippen LogP contribution in [0.4, 0.5) is 0 Å². The first kappa shape index (κ1) is 19.6. The molecule has 1 aliphatic carbocycles. The Morgan fingerprint density at radius 2 is 1.97 bits per heavy atom. The molecule has 2 aromatic heterocycles. The van der Waals surface area contributed by atoms with Gasteiger partial charge in [-0.1, -0.05) is 54.2 Å². The summed E-state index contributed by atoms with van der Waals surface area (Å²) in [5, 5.41) is 12.2. The van der Waals surface area contributed by atoms with Gasteiger partial charge in [0.05, 0.1) is 40.9 Å². The first-order chi connectivity index (χ1) is 15.3. The zero-order chi connectivity index (χ0) is 21.0. The fourth-order valence-corrected chi connectivity index (χ4v) is 4.61. The van der Waals surface area contributed by atoms with Crippen LogP contribution in [0.3, 0.4) is 0 Å². The fourth-order valence-electron chi connectivity index (χ4n) is 3.81. The molecule has 0 aliphatic heterocycles. The Bertz CT molecular complexity index is 1240. The van der Waals surface area contributed by atoms with E-state index in [2.05, 4.69) is 43.5 Å². The Balaban J connectivity index is 1.30. The molecule has 5 rings (SSSR count). The van der Waals surface area contributed by atoms with Crippen molar-refractivity contribution in [1.82, 2.24) is 25.2 Å². The number of benzene rings is 2. The SMILES string of the molecule is O=C(CSc1nc2ccccc2n1Cc1ccccc1)N/N=C1/CCCc2cn[nH]c21. The minimum absolute atomic E-state index is 0.151. The highest BCUT2D eigenvalue weighted by molar-refractivity contribution is 7.99. The smallest absolute Gasteiger partial charge is 0.250 e. The Morgan fingerprint density at radius 3 is 2.87 bits per heavy atom. The van der Waals surface area contributed by atoms with Crippen LogP contribution in [0.5, 0.6) is 0 Å². The van der Waals surface area contributed by atoms with Crippen molar-refractivity contribution in [3.63, 3.8) is 0 Å². The standard InChI is InChI=1S/C23H22N6OS/c30-21(27-26-19-11-6-9-17-13-24-28-22(17)19)15-31-23-25-18-10-4-5-12-20(18)29(23)14-16-7-2-1-3-8-16/h1-5,7-8,10,12-13H,6,9,11,14-15H2,(H,24,28)(H,27,30)/b26-19-. The molecule has 1 aliphatic rings. The number of hydrazone groups is 1. The number of carbonyl (C=O) groups is 1. The van der Waals surface area contributed by atoms with Gasteiger partial charge in [0.2, 0.25) is 0 Å². The summed E-state index contributed by atoms with van der Waals surface area (Å²) in [6.45, 7) is 0.705. The molecule has 2 heterocycles. The van der Waals surface area contributed by atoms with E-state index in [0.717, 1.165) is 52.4 Å². The normalized spacial score (nSPS) is 14.6. The van der Waals surface area contributed by atoms with Crippen LogP contribution in [-0.2, 0) is 17.8 Å². The minimum atomic E-state index is -0.151. The van der Waals surface area contributed by atoms with Crippen molar-refractivity contribution in [1.29, 1.82) is 0 Å². The number of aromatic amines is 1. The number of hydrogen-bond acceptors (Lipinski definition) is 5. The molecule has 0 fully saturated rings. The van der Waals surface area contributed by atoms with Gasteiger partial charge in [-0.3, -0.25) is 9.89 Å². The molecule has 4 aromatic rings. The predicted molar refractivity (Wildman–Crippen MR) is 122 cm³/mol. The summed E-state index contributed by atoms with van der Waals surface area (Å²) in [6.07, 6.45) is 4.67. The van der Waals surface area contributed by atoms with Gasteiger partial charge in [0.15, 0.2) is 5.16 Å². The summed E-state index contributed by atoms with van der Waals surface area (Å²) in [7, 11) is 0. The van der Waals surface area contributed by atoms with Crippen molar-refractivity contribution in [3.05, 3.63) is 77.6 Å². The van der Waals surface area contributed by atoms with Gasteiger partial charge in [0, 0.05) is 0 Å². The zero-order valence-electron chi connectivity index (χ0n) is 16.9. The van der Waals surface area contributed by atoms with Gasteiger partial charge in [0.1, 0.15) is 0 Å². The molecule has 7 nitrogen and oxygen atoms in total. The average Bonchev–Trinajstić information content (AvgIpc) is 3.42. The molecule has 8 heteroatoms. The monoisotopic (exact) mass is 430 g/mol. The Morgan fingerprint density at radius 1 is 1.13 bits per heavy atom. The molecule has 0 atom stereocenters. The highest BCUT2D eigenvalue weighted by Gasteiger charge is 2.18. The number of nitrogens with one attached hydrogen (secondary N) is 2. The van der Waals surface area contributed by atoms with Gasteiger partial charge in [-0.15, -0.1) is 0 Å². The van der Waals surface area contributed by atoms with Crippen molar-refractivity contribution >= 4 is 34.4 Å². The molecule has 0 saturated carbocycles. The van der Waals surface area contributed by atoms with Crippen LogP contribution in [0, 0.1) is 0 Å². The van der Waals surface area contributed by atoms with E-state index < -0.39 is 0 Å².